The van der Waals surface area contributed by atoms with Gasteiger partial charge in [0.25, 0.3) is 0 Å². The number of amides is 1. The second-order valence-electron chi connectivity index (χ2n) is 2.95. The van der Waals surface area contributed by atoms with E-state index >= 15 is 0 Å². The van der Waals surface area contributed by atoms with Crippen LogP contribution in [0.3, 0.4) is 0 Å². The van der Waals surface area contributed by atoms with E-state index in [2.05, 4.69) is 0 Å². The number of hydrogen-bond donors (Lipinski definition) is 2. The van der Waals surface area contributed by atoms with Crippen molar-refractivity contribution in [2.75, 3.05) is 33.4 Å². The molecule has 0 radical (unpaired) electrons. The molecule has 0 rings (SSSR count). The summed E-state index contributed by atoms with van der Waals surface area (Å²) >= 11 is 0. The van der Waals surface area contributed by atoms with Crippen molar-refractivity contribution in [1.82, 2.24) is 4.90 Å². The Labute approximate surface area is 89.8 Å². The molecule has 0 heterocycles. The Balaban J connectivity index is 4.04. The van der Waals surface area contributed by atoms with Gasteiger partial charge in [0.2, 0.25) is 0 Å². The summed E-state index contributed by atoms with van der Waals surface area (Å²) in [7, 11) is 1.56. The second-order valence-corrected chi connectivity index (χ2v) is 2.95. The zero-order valence-electron chi connectivity index (χ0n) is 9.28. The molecule has 0 unspecified atom stereocenters. The fourth-order valence-electron chi connectivity index (χ4n) is 0.966. The molecule has 88 valence electrons. The van der Waals surface area contributed by atoms with E-state index in [9.17, 15) is 4.79 Å². The number of amidine groups is 1. The molecule has 0 bridgehead atoms. The Morgan fingerprint density at radius 1 is 1.47 bits per heavy atom. The molecule has 0 aliphatic heterocycles. The number of carbonyl (C=O) groups excluding carboxylic acids is 1. The van der Waals surface area contributed by atoms with E-state index in [1.54, 1.807) is 14.0 Å². The molecule has 0 aromatic carbocycles. The average molecular weight is 217 g/mol. The highest BCUT2D eigenvalue weighted by Gasteiger charge is 2.13. The largest absolute Gasteiger partial charge is 0.450 e. The van der Waals surface area contributed by atoms with Gasteiger partial charge >= 0.3 is 6.09 Å². The summed E-state index contributed by atoms with van der Waals surface area (Å²) in [6.45, 7) is 3.36. The van der Waals surface area contributed by atoms with Gasteiger partial charge < -0.3 is 20.1 Å². The maximum absolute atomic E-state index is 11.4. The summed E-state index contributed by atoms with van der Waals surface area (Å²) in [6, 6.07) is 0. The van der Waals surface area contributed by atoms with E-state index in [1.807, 2.05) is 0 Å². The lowest BCUT2D eigenvalue weighted by atomic mass is 10.3. The van der Waals surface area contributed by atoms with Gasteiger partial charge in [0.15, 0.2) is 0 Å². The van der Waals surface area contributed by atoms with Crippen molar-refractivity contribution in [2.24, 2.45) is 5.73 Å². The lowest BCUT2D eigenvalue weighted by Gasteiger charge is -2.20. The number of carbonyl (C=O) groups is 1. The smallest absolute Gasteiger partial charge is 0.409 e. The Bertz CT molecular complexity index is 209. The third kappa shape index (κ3) is 6.73. The molecular formula is C9H19N3O3. The predicted molar refractivity (Wildman–Crippen MR) is 57.0 cm³/mol. The molecule has 0 atom stereocenters. The summed E-state index contributed by atoms with van der Waals surface area (Å²) < 4.78 is 9.73. The minimum atomic E-state index is -0.393. The SMILES string of the molecule is CCOC(=O)N(CCOC)CCC(=N)N. The third-order valence-electron chi connectivity index (χ3n) is 1.74. The number of nitrogens with two attached hydrogens (primary N) is 1. The Hall–Kier alpha value is -1.30. The summed E-state index contributed by atoms with van der Waals surface area (Å²) in [5.74, 6) is 0.0571. The second kappa shape index (κ2) is 8.05. The lowest BCUT2D eigenvalue weighted by molar-refractivity contribution is 0.0921. The maximum Gasteiger partial charge on any atom is 0.409 e. The zero-order valence-corrected chi connectivity index (χ0v) is 9.28. The standard InChI is InChI=1S/C9H19N3O3/c1-3-15-9(13)12(6-7-14-2)5-4-8(10)11/h3-7H2,1-2H3,(H3,10,11). The van der Waals surface area contributed by atoms with Crippen LogP contribution in [0.2, 0.25) is 0 Å². The maximum atomic E-state index is 11.4. The van der Waals surface area contributed by atoms with E-state index in [-0.39, 0.29) is 5.84 Å². The Morgan fingerprint density at radius 2 is 2.13 bits per heavy atom. The molecule has 0 spiro atoms. The Kier molecular flexibility index (Phi) is 7.35. The van der Waals surface area contributed by atoms with Crippen LogP contribution in [0.25, 0.3) is 0 Å². The summed E-state index contributed by atoms with van der Waals surface area (Å²) in [4.78, 5) is 12.9. The van der Waals surface area contributed by atoms with Crippen molar-refractivity contribution < 1.29 is 14.3 Å². The molecule has 0 saturated carbocycles. The quantitative estimate of drug-likeness (QED) is 0.477. The van der Waals surface area contributed by atoms with Gasteiger partial charge in [-0.05, 0) is 6.92 Å². The fraction of sp³-hybridized carbons (Fsp3) is 0.778. The molecule has 6 nitrogen and oxygen atoms in total. The van der Waals surface area contributed by atoms with Crippen LogP contribution in [-0.2, 0) is 9.47 Å². The van der Waals surface area contributed by atoms with Crippen LogP contribution in [0.1, 0.15) is 13.3 Å². The molecule has 0 fully saturated rings. The average Bonchev–Trinajstić information content (AvgIpc) is 2.17. The molecular weight excluding hydrogens is 198 g/mol. The highest BCUT2D eigenvalue weighted by Crippen LogP contribution is 1.96. The van der Waals surface area contributed by atoms with E-state index in [4.69, 9.17) is 20.6 Å². The van der Waals surface area contributed by atoms with Gasteiger partial charge in [-0.15, -0.1) is 0 Å². The molecule has 0 saturated heterocycles. The van der Waals surface area contributed by atoms with Gasteiger partial charge in [-0.3, -0.25) is 5.41 Å². The van der Waals surface area contributed by atoms with Gasteiger partial charge in [-0.1, -0.05) is 0 Å². The van der Waals surface area contributed by atoms with E-state index < -0.39 is 6.09 Å². The van der Waals surface area contributed by atoms with Crippen LogP contribution in [0, 0.1) is 5.41 Å². The first-order valence-electron chi connectivity index (χ1n) is 4.85. The van der Waals surface area contributed by atoms with Crippen molar-refractivity contribution in [2.45, 2.75) is 13.3 Å². The normalized spacial score (nSPS) is 9.73. The minimum absolute atomic E-state index is 0.0571. The summed E-state index contributed by atoms with van der Waals surface area (Å²) in [5, 5.41) is 7.08. The summed E-state index contributed by atoms with van der Waals surface area (Å²) in [5.41, 5.74) is 5.22. The van der Waals surface area contributed by atoms with Gasteiger partial charge in [0.1, 0.15) is 0 Å². The lowest BCUT2D eigenvalue weighted by Crippen LogP contribution is -2.36. The number of nitrogens with one attached hydrogen (secondary N) is 1. The third-order valence-corrected chi connectivity index (χ3v) is 1.74. The predicted octanol–water partition coefficient (Wildman–Crippen LogP) is 0.417. The van der Waals surface area contributed by atoms with Crippen molar-refractivity contribution >= 4 is 11.9 Å². The molecule has 6 heteroatoms. The number of nitrogens with zero attached hydrogens (tertiary/aromatic N) is 1. The first-order valence-corrected chi connectivity index (χ1v) is 4.85. The van der Waals surface area contributed by atoms with Gasteiger partial charge in [-0.25, -0.2) is 4.79 Å². The molecule has 15 heavy (non-hydrogen) atoms. The van der Waals surface area contributed by atoms with Gasteiger partial charge in [0, 0.05) is 26.6 Å². The highest BCUT2D eigenvalue weighted by atomic mass is 16.6. The van der Waals surface area contributed by atoms with Crippen LogP contribution in [0.15, 0.2) is 0 Å². The fourth-order valence-corrected chi connectivity index (χ4v) is 0.966. The number of hydrogen-bond acceptors (Lipinski definition) is 4. The summed E-state index contributed by atoms with van der Waals surface area (Å²) in [6.07, 6.45) is -0.0430. The molecule has 3 N–H and O–H groups in total. The molecule has 0 aliphatic carbocycles. The number of methoxy groups -OCH3 is 1. The van der Waals surface area contributed by atoms with E-state index in [0.29, 0.717) is 32.7 Å². The first-order chi connectivity index (χ1) is 7.11. The Morgan fingerprint density at radius 3 is 2.60 bits per heavy atom. The number of rotatable bonds is 7. The molecule has 1 amide bonds. The van der Waals surface area contributed by atoms with Gasteiger partial charge in [0.05, 0.1) is 19.0 Å². The van der Waals surface area contributed by atoms with Crippen LogP contribution in [0.5, 0.6) is 0 Å². The van der Waals surface area contributed by atoms with Crippen molar-refractivity contribution in [3.8, 4) is 0 Å². The topological polar surface area (TPSA) is 88.6 Å². The molecule has 0 aliphatic rings. The van der Waals surface area contributed by atoms with Crippen molar-refractivity contribution in [1.29, 1.82) is 5.41 Å². The molecule has 0 aromatic rings. The van der Waals surface area contributed by atoms with Crippen LogP contribution >= 0.6 is 0 Å². The van der Waals surface area contributed by atoms with Crippen molar-refractivity contribution in [3.63, 3.8) is 0 Å². The minimum Gasteiger partial charge on any atom is -0.450 e. The monoisotopic (exact) mass is 217 g/mol. The molecule has 0 aromatic heterocycles. The van der Waals surface area contributed by atoms with Crippen molar-refractivity contribution in [3.05, 3.63) is 0 Å². The van der Waals surface area contributed by atoms with Crippen LogP contribution < -0.4 is 5.73 Å². The van der Waals surface area contributed by atoms with E-state index in [1.165, 1.54) is 4.90 Å². The van der Waals surface area contributed by atoms with Gasteiger partial charge in [-0.2, -0.15) is 0 Å². The highest BCUT2D eigenvalue weighted by molar-refractivity contribution is 5.77. The van der Waals surface area contributed by atoms with Crippen LogP contribution in [0.4, 0.5) is 4.79 Å². The van der Waals surface area contributed by atoms with E-state index in [0.717, 1.165) is 0 Å². The first kappa shape index (κ1) is 13.7. The van der Waals surface area contributed by atoms with Crippen LogP contribution in [-0.4, -0.2) is 50.2 Å². The zero-order chi connectivity index (χ0) is 11.7. The number of ether oxygens (including phenoxy) is 2.